The summed E-state index contributed by atoms with van der Waals surface area (Å²) in [7, 11) is -3.52. The number of benzene rings is 2. The first-order chi connectivity index (χ1) is 16.8. The van der Waals surface area contributed by atoms with Crippen molar-refractivity contribution < 1.29 is 13.2 Å². The van der Waals surface area contributed by atoms with Gasteiger partial charge in [-0.25, -0.2) is 13.4 Å². The molecule has 1 atom stereocenters. The van der Waals surface area contributed by atoms with Crippen LogP contribution in [0.1, 0.15) is 63.5 Å². The summed E-state index contributed by atoms with van der Waals surface area (Å²) in [5, 5.41) is 3.58. The zero-order valence-corrected chi connectivity index (χ0v) is 21.2. The third-order valence-corrected chi connectivity index (χ3v) is 8.53. The van der Waals surface area contributed by atoms with Crippen molar-refractivity contribution in [3.63, 3.8) is 0 Å². The molecule has 186 valence electrons. The molecule has 0 spiro atoms. The summed E-state index contributed by atoms with van der Waals surface area (Å²) in [5.41, 5.74) is 1.43. The van der Waals surface area contributed by atoms with Gasteiger partial charge in [-0.1, -0.05) is 38.1 Å². The van der Waals surface area contributed by atoms with Gasteiger partial charge in [0, 0.05) is 32.0 Å². The Kier molecular flexibility index (Phi) is 7.37. The fourth-order valence-corrected chi connectivity index (χ4v) is 5.80. The minimum atomic E-state index is -3.52. The quantitative estimate of drug-likeness (QED) is 0.462. The zero-order chi connectivity index (χ0) is 25.2. The van der Waals surface area contributed by atoms with Crippen LogP contribution in [-0.4, -0.2) is 41.3 Å². The number of nitrogens with one attached hydrogen (secondary N) is 1. The monoisotopic (exact) mass is 496 g/mol. The predicted molar refractivity (Wildman–Crippen MR) is 136 cm³/mol. The number of aromatic nitrogens is 2. The van der Waals surface area contributed by atoms with E-state index in [0.717, 1.165) is 18.4 Å². The number of fused-ring (bicyclic) bond motifs is 1. The maximum Gasteiger partial charge on any atom is 0.261 e. The van der Waals surface area contributed by atoms with E-state index in [1.165, 1.54) is 4.31 Å². The van der Waals surface area contributed by atoms with Gasteiger partial charge >= 0.3 is 0 Å². The summed E-state index contributed by atoms with van der Waals surface area (Å²) < 4.78 is 28.5. The Bertz CT molecular complexity index is 1370. The van der Waals surface area contributed by atoms with E-state index in [4.69, 9.17) is 0 Å². The van der Waals surface area contributed by atoms with Gasteiger partial charge in [-0.3, -0.25) is 14.2 Å². The van der Waals surface area contributed by atoms with Crippen LogP contribution in [0.2, 0.25) is 0 Å². The van der Waals surface area contributed by atoms with Crippen molar-refractivity contribution in [1.29, 1.82) is 0 Å². The second-order valence-electron chi connectivity index (χ2n) is 8.90. The van der Waals surface area contributed by atoms with E-state index < -0.39 is 10.0 Å². The molecule has 0 aliphatic heterocycles. The molecule has 8 nitrogen and oxygen atoms in total. The number of aryl methyl sites for hydroxylation is 1. The molecule has 1 amide bonds. The van der Waals surface area contributed by atoms with Gasteiger partial charge in [-0.15, -0.1) is 0 Å². The van der Waals surface area contributed by atoms with Crippen LogP contribution in [0.25, 0.3) is 10.9 Å². The van der Waals surface area contributed by atoms with Gasteiger partial charge in [0.2, 0.25) is 15.9 Å². The van der Waals surface area contributed by atoms with E-state index in [2.05, 4.69) is 10.3 Å². The lowest BCUT2D eigenvalue weighted by atomic mass is 10.1. The minimum absolute atomic E-state index is 0.0402. The summed E-state index contributed by atoms with van der Waals surface area (Å²) in [4.78, 5) is 30.6. The van der Waals surface area contributed by atoms with Crippen LogP contribution in [0.4, 0.5) is 0 Å². The highest BCUT2D eigenvalue weighted by atomic mass is 32.2. The molecule has 0 bridgehead atoms. The first-order valence-corrected chi connectivity index (χ1v) is 13.6. The first-order valence-electron chi connectivity index (χ1n) is 12.2. The molecule has 1 saturated carbocycles. The van der Waals surface area contributed by atoms with Crippen molar-refractivity contribution >= 4 is 26.8 Å². The summed E-state index contributed by atoms with van der Waals surface area (Å²) in [6.07, 6.45) is 2.48. The van der Waals surface area contributed by atoms with Crippen molar-refractivity contribution in [2.24, 2.45) is 0 Å². The maximum atomic E-state index is 13.0. The molecule has 35 heavy (non-hydrogen) atoms. The van der Waals surface area contributed by atoms with Gasteiger partial charge in [-0.2, -0.15) is 4.31 Å². The molecular weight excluding hydrogens is 464 g/mol. The summed E-state index contributed by atoms with van der Waals surface area (Å²) in [6.45, 7) is 6.30. The Morgan fingerprint density at radius 3 is 2.40 bits per heavy atom. The predicted octanol–water partition coefficient (Wildman–Crippen LogP) is 3.57. The van der Waals surface area contributed by atoms with Gasteiger partial charge < -0.3 is 5.32 Å². The third kappa shape index (κ3) is 5.31. The Labute approximate surface area is 206 Å². The number of nitrogens with zero attached hydrogens (tertiary/aromatic N) is 3. The molecule has 2 aromatic carbocycles. The smallest absolute Gasteiger partial charge is 0.261 e. The standard InChI is InChI=1S/C26H32N4O4S/c1-4-29(5-2)35(33,34)21-14-10-19(11-15-21)18(3)27-25(31)17-16-24-28-23-9-7-6-8-22(23)26(32)30(24)20-12-13-20/h6-11,14-15,18,20H,4-5,12-13,16-17H2,1-3H3,(H,27,31). The van der Waals surface area contributed by atoms with Gasteiger partial charge in [-0.05, 0) is 49.6 Å². The summed E-state index contributed by atoms with van der Waals surface area (Å²) in [5.74, 6) is 0.493. The van der Waals surface area contributed by atoms with Gasteiger partial charge in [0.05, 0.1) is 21.8 Å². The van der Waals surface area contributed by atoms with Gasteiger partial charge in [0.15, 0.2) is 0 Å². The number of hydrogen-bond donors (Lipinski definition) is 1. The largest absolute Gasteiger partial charge is 0.350 e. The molecule has 1 unspecified atom stereocenters. The van der Waals surface area contributed by atoms with Gasteiger partial charge in [0.25, 0.3) is 5.56 Å². The molecule has 0 saturated heterocycles. The van der Waals surface area contributed by atoms with Gasteiger partial charge in [0.1, 0.15) is 5.82 Å². The second-order valence-corrected chi connectivity index (χ2v) is 10.8. The normalized spacial score (nSPS) is 14.9. The van der Waals surface area contributed by atoms with E-state index in [-0.39, 0.29) is 34.9 Å². The van der Waals surface area contributed by atoms with E-state index >= 15 is 0 Å². The Morgan fingerprint density at radius 1 is 1.11 bits per heavy atom. The van der Waals surface area contributed by atoms with Crippen LogP contribution in [0.3, 0.4) is 0 Å². The van der Waals surface area contributed by atoms with Crippen molar-refractivity contribution in [3.05, 3.63) is 70.3 Å². The van der Waals surface area contributed by atoms with Crippen LogP contribution in [0.5, 0.6) is 0 Å². The lowest BCUT2D eigenvalue weighted by molar-refractivity contribution is -0.121. The highest BCUT2D eigenvalue weighted by Gasteiger charge is 2.28. The number of rotatable bonds is 10. The highest BCUT2D eigenvalue weighted by Crippen LogP contribution is 2.35. The average Bonchev–Trinajstić information content (AvgIpc) is 3.68. The topological polar surface area (TPSA) is 101 Å². The fourth-order valence-electron chi connectivity index (χ4n) is 4.34. The van der Waals surface area contributed by atoms with E-state index in [1.54, 1.807) is 34.9 Å². The summed E-state index contributed by atoms with van der Waals surface area (Å²) in [6, 6.07) is 13.8. The zero-order valence-electron chi connectivity index (χ0n) is 20.4. The number of amides is 1. The molecule has 1 aliphatic carbocycles. The van der Waals surface area contributed by atoms with Crippen molar-refractivity contribution in [1.82, 2.24) is 19.2 Å². The second kappa shape index (κ2) is 10.3. The number of para-hydroxylation sites is 1. The number of carbonyl (C=O) groups excluding carboxylic acids is 1. The van der Waals surface area contributed by atoms with Crippen molar-refractivity contribution in [3.8, 4) is 0 Å². The van der Waals surface area contributed by atoms with Crippen LogP contribution in [0.15, 0.2) is 58.2 Å². The summed E-state index contributed by atoms with van der Waals surface area (Å²) >= 11 is 0. The third-order valence-electron chi connectivity index (χ3n) is 6.47. The van der Waals surface area contributed by atoms with E-state index in [9.17, 15) is 18.0 Å². The number of carbonyl (C=O) groups is 1. The molecule has 1 heterocycles. The fraction of sp³-hybridized carbons (Fsp3) is 0.423. The first kappa shape index (κ1) is 25.1. The molecule has 1 aromatic heterocycles. The van der Waals surface area contributed by atoms with E-state index in [0.29, 0.717) is 36.2 Å². The van der Waals surface area contributed by atoms with Crippen LogP contribution in [-0.2, 0) is 21.2 Å². The minimum Gasteiger partial charge on any atom is -0.350 e. The van der Waals surface area contributed by atoms with Crippen molar-refractivity contribution in [2.75, 3.05) is 13.1 Å². The average molecular weight is 497 g/mol. The Morgan fingerprint density at radius 2 is 1.77 bits per heavy atom. The molecule has 4 rings (SSSR count). The molecular formula is C26H32N4O4S. The highest BCUT2D eigenvalue weighted by molar-refractivity contribution is 7.89. The SMILES string of the molecule is CCN(CC)S(=O)(=O)c1ccc(C(C)NC(=O)CCc2nc3ccccc3c(=O)n2C2CC2)cc1. The molecule has 3 aromatic rings. The number of sulfonamides is 1. The van der Waals surface area contributed by atoms with Crippen LogP contribution < -0.4 is 10.9 Å². The molecule has 0 radical (unpaired) electrons. The molecule has 1 aliphatic rings. The van der Waals surface area contributed by atoms with Crippen LogP contribution in [0, 0.1) is 0 Å². The number of hydrogen-bond acceptors (Lipinski definition) is 5. The van der Waals surface area contributed by atoms with Crippen LogP contribution >= 0.6 is 0 Å². The van der Waals surface area contributed by atoms with Crippen molar-refractivity contribution in [2.45, 2.75) is 63.4 Å². The molecule has 9 heteroatoms. The lowest BCUT2D eigenvalue weighted by Crippen LogP contribution is -2.31. The molecule has 1 N–H and O–H groups in total. The molecule has 1 fully saturated rings. The van der Waals surface area contributed by atoms with E-state index in [1.807, 2.05) is 39.0 Å². The lowest BCUT2D eigenvalue weighted by Gasteiger charge is -2.19. The Hall–Kier alpha value is -3.04. The Balaban J connectivity index is 1.43. The maximum absolute atomic E-state index is 13.0.